The van der Waals surface area contributed by atoms with E-state index in [-0.39, 0.29) is 17.4 Å². The number of thiazole rings is 1. The molecule has 0 radical (unpaired) electrons. The van der Waals surface area contributed by atoms with E-state index in [1.165, 1.54) is 29.7 Å². The van der Waals surface area contributed by atoms with Gasteiger partial charge in [0.2, 0.25) is 11.5 Å². The van der Waals surface area contributed by atoms with Crippen molar-refractivity contribution in [3.05, 3.63) is 45.3 Å². The van der Waals surface area contributed by atoms with E-state index in [1.807, 2.05) is 5.38 Å². The second kappa shape index (κ2) is 6.74. The molecule has 1 aliphatic rings. The molecular weight excluding hydrogens is 316 g/mol. The van der Waals surface area contributed by atoms with Gasteiger partial charge in [0, 0.05) is 30.1 Å². The Labute approximate surface area is 136 Å². The average Bonchev–Trinajstić information content (AvgIpc) is 3.23. The Balaban J connectivity index is 1.52. The summed E-state index contributed by atoms with van der Waals surface area (Å²) >= 11 is 1.31. The number of anilines is 1. The summed E-state index contributed by atoms with van der Waals surface area (Å²) in [7, 11) is 0. The largest absolute Gasteiger partial charge is 0.353 e. The highest BCUT2D eigenvalue weighted by molar-refractivity contribution is 7.13. The number of hydrogen-bond donors (Lipinski definition) is 3. The fraction of sp³-hybridized carbons (Fsp3) is 0.333. The summed E-state index contributed by atoms with van der Waals surface area (Å²) in [6.45, 7) is 0. The number of aryl methyl sites for hydroxylation is 1. The SMILES string of the molecule is O=C(CCc1csc(NC(=O)c2ccc(=O)[nH]c2)n1)NC1CC1. The van der Waals surface area contributed by atoms with Gasteiger partial charge >= 0.3 is 0 Å². The second-order valence-corrected chi connectivity index (χ2v) is 6.24. The van der Waals surface area contributed by atoms with Gasteiger partial charge in [0.15, 0.2) is 5.13 Å². The molecule has 0 bridgehead atoms. The van der Waals surface area contributed by atoms with Crippen molar-refractivity contribution >= 4 is 28.3 Å². The summed E-state index contributed by atoms with van der Waals surface area (Å²) in [6, 6.07) is 3.11. The molecule has 0 atom stereocenters. The van der Waals surface area contributed by atoms with Crippen LogP contribution in [0.2, 0.25) is 0 Å². The third-order valence-corrected chi connectivity index (χ3v) is 4.18. The van der Waals surface area contributed by atoms with E-state index < -0.39 is 0 Å². The summed E-state index contributed by atoms with van der Waals surface area (Å²) in [4.78, 5) is 41.3. The Morgan fingerprint density at radius 1 is 1.35 bits per heavy atom. The first-order chi connectivity index (χ1) is 11.1. The maximum Gasteiger partial charge on any atom is 0.258 e. The van der Waals surface area contributed by atoms with E-state index in [0.29, 0.717) is 29.6 Å². The molecule has 0 aliphatic heterocycles. The molecule has 0 saturated heterocycles. The molecule has 1 aliphatic carbocycles. The molecule has 0 aromatic carbocycles. The minimum Gasteiger partial charge on any atom is -0.353 e. The van der Waals surface area contributed by atoms with Crippen LogP contribution < -0.4 is 16.2 Å². The minimum absolute atomic E-state index is 0.0410. The first-order valence-electron chi connectivity index (χ1n) is 7.34. The highest BCUT2D eigenvalue weighted by atomic mass is 32.1. The van der Waals surface area contributed by atoms with Gasteiger partial charge < -0.3 is 10.3 Å². The maximum absolute atomic E-state index is 12.0. The number of rotatable bonds is 6. The molecule has 2 heterocycles. The lowest BCUT2D eigenvalue weighted by molar-refractivity contribution is -0.121. The maximum atomic E-state index is 12.0. The number of amides is 2. The van der Waals surface area contributed by atoms with E-state index in [0.717, 1.165) is 18.5 Å². The molecule has 2 aromatic rings. The third kappa shape index (κ3) is 4.49. The fourth-order valence-electron chi connectivity index (χ4n) is 1.97. The predicted molar refractivity (Wildman–Crippen MR) is 86.6 cm³/mol. The van der Waals surface area contributed by atoms with Gasteiger partial charge in [0.25, 0.3) is 5.91 Å². The van der Waals surface area contributed by atoms with Crippen LogP contribution in [0.25, 0.3) is 0 Å². The predicted octanol–water partition coefficient (Wildman–Crippen LogP) is 1.29. The van der Waals surface area contributed by atoms with E-state index in [2.05, 4.69) is 20.6 Å². The number of carbonyl (C=O) groups excluding carboxylic acids is 2. The molecule has 1 fully saturated rings. The Hall–Kier alpha value is -2.48. The highest BCUT2D eigenvalue weighted by Gasteiger charge is 2.23. The number of carbonyl (C=O) groups is 2. The van der Waals surface area contributed by atoms with Crippen LogP contribution in [0.15, 0.2) is 28.5 Å². The van der Waals surface area contributed by atoms with E-state index in [4.69, 9.17) is 0 Å². The van der Waals surface area contributed by atoms with Gasteiger partial charge in [-0.3, -0.25) is 19.7 Å². The van der Waals surface area contributed by atoms with Gasteiger partial charge in [-0.15, -0.1) is 11.3 Å². The molecular formula is C15H16N4O3S. The number of nitrogens with one attached hydrogen (secondary N) is 3. The van der Waals surface area contributed by atoms with Crippen molar-refractivity contribution in [2.24, 2.45) is 0 Å². The molecule has 3 rings (SSSR count). The Bertz CT molecular complexity index is 759. The molecule has 0 spiro atoms. The Morgan fingerprint density at radius 3 is 2.87 bits per heavy atom. The average molecular weight is 332 g/mol. The summed E-state index contributed by atoms with van der Waals surface area (Å²) in [6.07, 6.45) is 4.44. The lowest BCUT2D eigenvalue weighted by Gasteiger charge is -2.02. The van der Waals surface area contributed by atoms with Crippen molar-refractivity contribution < 1.29 is 9.59 Å². The van der Waals surface area contributed by atoms with Gasteiger partial charge in [-0.25, -0.2) is 4.98 Å². The summed E-state index contributed by atoms with van der Waals surface area (Å²) < 4.78 is 0. The molecule has 2 amide bonds. The first-order valence-corrected chi connectivity index (χ1v) is 8.22. The van der Waals surface area contributed by atoms with Crippen molar-refractivity contribution in [1.29, 1.82) is 0 Å². The van der Waals surface area contributed by atoms with Crippen LogP contribution in [0.1, 0.15) is 35.3 Å². The smallest absolute Gasteiger partial charge is 0.258 e. The van der Waals surface area contributed by atoms with Crippen LogP contribution in [-0.2, 0) is 11.2 Å². The van der Waals surface area contributed by atoms with E-state index in [1.54, 1.807) is 0 Å². The van der Waals surface area contributed by atoms with Gasteiger partial charge in [0.05, 0.1) is 11.3 Å². The number of aromatic nitrogens is 2. The molecule has 120 valence electrons. The molecule has 2 aromatic heterocycles. The van der Waals surface area contributed by atoms with Crippen LogP contribution in [0, 0.1) is 0 Å². The third-order valence-electron chi connectivity index (χ3n) is 3.37. The quantitative estimate of drug-likeness (QED) is 0.741. The molecule has 8 heteroatoms. The van der Waals surface area contributed by atoms with Crippen LogP contribution in [0.5, 0.6) is 0 Å². The fourth-order valence-corrected chi connectivity index (χ4v) is 2.71. The normalized spacial score (nSPS) is 13.6. The number of nitrogens with zero attached hydrogens (tertiary/aromatic N) is 1. The standard InChI is InChI=1S/C15H16N4O3S/c20-12-5-1-9(7-16-12)14(22)19-15-18-11(8-23-15)4-6-13(21)17-10-2-3-10/h1,5,7-8,10H,2-4,6H2,(H,16,20)(H,17,21)(H,18,19,22). The van der Waals surface area contributed by atoms with Gasteiger partial charge in [-0.1, -0.05) is 0 Å². The zero-order valence-corrected chi connectivity index (χ0v) is 13.1. The van der Waals surface area contributed by atoms with Crippen LogP contribution in [-0.4, -0.2) is 27.8 Å². The second-order valence-electron chi connectivity index (χ2n) is 5.38. The summed E-state index contributed by atoms with van der Waals surface area (Å²) in [5.74, 6) is -0.298. The monoisotopic (exact) mass is 332 g/mol. The topological polar surface area (TPSA) is 104 Å². The summed E-state index contributed by atoms with van der Waals surface area (Å²) in [5.41, 5.74) is 0.866. The van der Waals surface area contributed by atoms with Crippen molar-refractivity contribution in [2.75, 3.05) is 5.32 Å². The molecule has 7 nitrogen and oxygen atoms in total. The minimum atomic E-state index is -0.339. The Morgan fingerprint density at radius 2 is 2.17 bits per heavy atom. The highest BCUT2D eigenvalue weighted by Crippen LogP contribution is 2.20. The molecule has 3 N–H and O–H groups in total. The van der Waals surface area contributed by atoms with Crippen LogP contribution >= 0.6 is 11.3 Å². The zero-order chi connectivity index (χ0) is 16.2. The van der Waals surface area contributed by atoms with Crippen molar-refractivity contribution in [3.8, 4) is 0 Å². The number of pyridine rings is 1. The zero-order valence-electron chi connectivity index (χ0n) is 12.3. The van der Waals surface area contributed by atoms with E-state index >= 15 is 0 Å². The first kappa shape index (κ1) is 15.4. The number of hydrogen-bond acceptors (Lipinski definition) is 5. The van der Waals surface area contributed by atoms with Crippen molar-refractivity contribution in [3.63, 3.8) is 0 Å². The molecule has 0 unspecified atom stereocenters. The van der Waals surface area contributed by atoms with Gasteiger partial charge in [-0.05, 0) is 25.3 Å². The van der Waals surface area contributed by atoms with Gasteiger partial charge in [-0.2, -0.15) is 0 Å². The Kier molecular flexibility index (Phi) is 4.52. The lowest BCUT2D eigenvalue weighted by Crippen LogP contribution is -2.25. The molecule has 1 saturated carbocycles. The van der Waals surface area contributed by atoms with Gasteiger partial charge in [0.1, 0.15) is 0 Å². The van der Waals surface area contributed by atoms with E-state index in [9.17, 15) is 14.4 Å². The number of H-pyrrole nitrogens is 1. The molecule has 23 heavy (non-hydrogen) atoms. The lowest BCUT2D eigenvalue weighted by atomic mass is 10.2. The summed E-state index contributed by atoms with van der Waals surface area (Å²) in [5, 5.41) is 7.90. The van der Waals surface area contributed by atoms with Crippen LogP contribution in [0.4, 0.5) is 5.13 Å². The number of aromatic amines is 1. The van der Waals surface area contributed by atoms with Crippen molar-refractivity contribution in [1.82, 2.24) is 15.3 Å². The van der Waals surface area contributed by atoms with Crippen molar-refractivity contribution in [2.45, 2.75) is 31.7 Å². The van der Waals surface area contributed by atoms with Crippen LogP contribution in [0.3, 0.4) is 0 Å².